The first-order valence-electron chi connectivity index (χ1n) is 7.21. The minimum atomic E-state index is 0.489. The monoisotopic (exact) mass is 276 g/mol. The normalized spacial score (nSPS) is 14.5. The summed E-state index contributed by atoms with van der Waals surface area (Å²) in [7, 11) is 0. The molecule has 2 N–H and O–H groups in total. The van der Waals surface area contributed by atoms with Gasteiger partial charge in [0.2, 0.25) is 0 Å². The molecule has 4 rings (SSSR count). The van der Waals surface area contributed by atoms with Crippen molar-refractivity contribution >= 4 is 16.6 Å². The second-order valence-corrected chi connectivity index (χ2v) is 5.62. The number of benzene rings is 1. The largest absolute Gasteiger partial charge is 0.383 e. The minimum absolute atomic E-state index is 0.489. The molecule has 4 heteroatoms. The van der Waals surface area contributed by atoms with Gasteiger partial charge in [-0.05, 0) is 31.2 Å². The summed E-state index contributed by atoms with van der Waals surface area (Å²) in [5.41, 5.74) is 9.10. The van der Waals surface area contributed by atoms with Crippen molar-refractivity contribution in [2.75, 3.05) is 5.73 Å². The average Bonchev–Trinajstić information content (AvgIpc) is 3.34. The van der Waals surface area contributed by atoms with Crippen molar-refractivity contribution in [1.29, 1.82) is 0 Å². The van der Waals surface area contributed by atoms with Crippen LogP contribution in [0.1, 0.15) is 30.1 Å². The van der Waals surface area contributed by atoms with Crippen LogP contribution in [-0.4, -0.2) is 15.0 Å². The van der Waals surface area contributed by atoms with Gasteiger partial charge in [-0.2, -0.15) is 0 Å². The number of pyridine rings is 1. The lowest BCUT2D eigenvalue weighted by Gasteiger charge is -2.12. The molecule has 1 aromatic carbocycles. The molecule has 21 heavy (non-hydrogen) atoms. The maximum Gasteiger partial charge on any atom is 0.134 e. The predicted octanol–water partition coefficient (Wildman–Crippen LogP) is 3.46. The van der Waals surface area contributed by atoms with Crippen molar-refractivity contribution in [1.82, 2.24) is 15.0 Å². The van der Waals surface area contributed by atoms with Gasteiger partial charge in [0.05, 0.1) is 5.69 Å². The zero-order valence-corrected chi connectivity index (χ0v) is 11.9. The highest BCUT2D eigenvalue weighted by Crippen LogP contribution is 2.40. The SMILES string of the molecule is Cc1c(N)nc(C2CC2)nc1-c1cccc2cnccc12. The fraction of sp³-hybridized carbons (Fsp3) is 0.235. The number of anilines is 1. The fourth-order valence-electron chi connectivity index (χ4n) is 2.67. The van der Waals surface area contributed by atoms with Gasteiger partial charge in [-0.25, -0.2) is 9.97 Å². The van der Waals surface area contributed by atoms with Gasteiger partial charge in [0.25, 0.3) is 0 Å². The van der Waals surface area contributed by atoms with Crippen LogP contribution in [0, 0.1) is 6.92 Å². The third-order valence-electron chi connectivity index (χ3n) is 4.08. The average molecular weight is 276 g/mol. The third-order valence-corrected chi connectivity index (χ3v) is 4.08. The zero-order chi connectivity index (χ0) is 14.4. The van der Waals surface area contributed by atoms with Gasteiger partial charge in [-0.1, -0.05) is 18.2 Å². The highest BCUT2D eigenvalue weighted by molar-refractivity contribution is 5.96. The number of hydrogen-bond acceptors (Lipinski definition) is 4. The van der Waals surface area contributed by atoms with Crippen molar-refractivity contribution in [3.63, 3.8) is 0 Å². The van der Waals surface area contributed by atoms with E-state index in [0.717, 1.165) is 33.4 Å². The van der Waals surface area contributed by atoms with Gasteiger partial charge >= 0.3 is 0 Å². The second kappa shape index (κ2) is 4.52. The van der Waals surface area contributed by atoms with Crippen molar-refractivity contribution in [2.24, 2.45) is 0 Å². The molecule has 3 aromatic rings. The summed E-state index contributed by atoms with van der Waals surface area (Å²) in [5.74, 6) is 1.97. The minimum Gasteiger partial charge on any atom is -0.383 e. The Morgan fingerprint density at radius 2 is 2.00 bits per heavy atom. The molecule has 0 spiro atoms. The summed E-state index contributed by atoms with van der Waals surface area (Å²) in [4.78, 5) is 13.4. The van der Waals surface area contributed by atoms with Crippen LogP contribution in [0.3, 0.4) is 0 Å². The molecule has 0 bridgehead atoms. The molecule has 0 saturated heterocycles. The number of nitrogen functional groups attached to an aromatic ring is 1. The van der Waals surface area contributed by atoms with E-state index < -0.39 is 0 Å². The van der Waals surface area contributed by atoms with E-state index in [0.29, 0.717) is 11.7 Å². The molecule has 0 aliphatic heterocycles. The lowest BCUT2D eigenvalue weighted by molar-refractivity contribution is 0.928. The Bertz CT molecular complexity index is 832. The standard InChI is InChI=1S/C17H16N4/c1-10-15(20-17(11-5-6-11)21-16(10)18)14-4-2-3-12-9-19-8-7-13(12)14/h2-4,7-9,11H,5-6H2,1H3,(H2,18,20,21). The van der Waals surface area contributed by atoms with E-state index in [1.54, 1.807) is 0 Å². The molecular weight excluding hydrogens is 260 g/mol. The predicted molar refractivity (Wildman–Crippen MR) is 83.9 cm³/mol. The summed E-state index contributed by atoms with van der Waals surface area (Å²) < 4.78 is 0. The Kier molecular flexibility index (Phi) is 2.64. The van der Waals surface area contributed by atoms with Crippen molar-refractivity contribution < 1.29 is 0 Å². The summed E-state index contributed by atoms with van der Waals surface area (Å²) >= 11 is 0. The van der Waals surface area contributed by atoms with Gasteiger partial charge < -0.3 is 5.73 Å². The van der Waals surface area contributed by atoms with Crippen molar-refractivity contribution in [3.05, 3.63) is 48.0 Å². The zero-order valence-electron chi connectivity index (χ0n) is 11.9. The Balaban J connectivity index is 2.00. The molecule has 4 nitrogen and oxygen atoms in total. The van der Waals surface area contributed by atoms with Gasteiger partial charge in [0.1, 0.15) is 11.6 Å². The van der Waals surface area contributed by atoms with Crippen molar-refractivity contribution in [2.45, 2.75) is 25.7 Å². The number of rotatable bonds is 2. The first-order chi connectivity index (χ1) is 10.2. The summed E-state index contributed by atoms with van der Waals surface area (Å²) in [6.07, 6.45) is 6.02. The van der Waals surface area contributed by atoms with Crippen molar-refractivity contribution in [3.8, 4) is 11.3 Å². The van der Waals surface area contributed by atoms with Crippen LogP contribution in [0.2, 0.25) is 0 Å². The molecular formula is C17H16N4. The molecule has 2 aromatic heterocycles. The van der Waals surface area contributed by atoms with E-state index in [-0.39, 0.29) is 0 Å². The van der Waals surface area contributed by atoms with Crippen LogP contribution in [-0.2, 0) is 0 Å². The van der Waals surface area contributed by atoms with E-state index in [2.05, 4.69) is 22.1 Å². The maximum absolute atomic E-state index is 6.10. The van der Waals surface area contributed by atoms with Gasteiger partial charge in [0.15, 0.2) is 0 Å². The summed E-state index contributed by atoms with van der Waals surface area (Å²) in [6.45, 7) is 1.99. The number of aromatic nitrogens is 3. The molecule has 1 aliphatic carbocycles. The first kappa shape index (κ1) is 12.3. The highest BCUT2D eigenvalue weighted by atomic mass is 15.0. The Morgan fingerprint density at radius 3 is 2.81 bits per heavy atom. The third kappa shape index (κ3) is 2.03. The van der Waals surface area contributed by atoms with Crippen LogP contribution in [0.25, 0.3) is 22.0 Å². The summed E-state index contributed by atoms with van der Waals surface area (Å²) in [6, 6.07) is 8.22. The topological polar surface area (TPSA) is 64.7 Å². The Hall–Kier alpha value is -2.49. The summed E-state index contributed by atoms with van der Waals surface area (Å²) in [5, 5.41) is 2.26. The number of nitrogens with zero attached hydrogens (tertiary/aromatic N) is 3. The van der Waals surface area contributed by atoms with Crippen LogP contribution in [0.5, 0.6) is 0 Å². The van der Waals surface area contributed by atoms with Crippen LogP contribution >= 0.6 is 0 Å². The van der Waals surface area contributed by atoms with Crippen LogP contribution in [0.15, 0.2) is 36.7 Å². The van der Waals surface area contributed by atoms with E-state index in [1.165, 1.54) is 12.8 Å². The van der Waals surface area contributed by atoms with Crippen LogP contribution in [0.4, 0.5) is 5.82 Å². The van der Waals surface area contributed by atoms with Gasteiger partial charge in [-0.15, -0.1) is 0 Å². The maximum atomic E-state index is 6.10. The molecule has 1 aliphatic rings. The molecule has 0 unspecified atom stereocenters. The smallest absolute Gasteiger partial charge is 0.134 e. The molecule has 1 fully saturated rings. The van der Waals surface area contributed by atoms with E-state index in [9.17, 15) is 0 Å². The van der Waals surface area contributed by atoms with E-state index in [1.807, 2.05) is 31.5 Å². The highest BCUT2D eigenvalue weighted by Gasteiger charge is 2.28. The Morgan fingerprint density at radius 1 is 1.14 bits per heavy atom. The molecule has 2 heterocycles. The molecule has 1 saturated carbocycles. The first-order valence-corrected chi connectivity index (χ1v) is 7.21. The lowest BCUT2D eigenvalue weighted by atomic mass is 10.0. The molecule has 0 radical (unpaired) electrons. The Labute approximate surface area is 123 Å². The second-order valence-electron chi connectivity index (χ2n) is 5.62. The van der Waals surface area contributed by atoms with Gasteiger partial charge in [0, 0.05) is 34.8 Å². The molecule has 0 amide bonds. The molecule has 0 atom stereocenters. The number of nitrogens with two attached hydrogens (primary N) is 1. The fourth-order valence-corrected chi connectivity index (χ4v) is 2.67. The van der Waals surface area contributed by atoms with E-state index in [4.69, 9.17) is 10.7 Å². The van der Waals surface area contributed by atoms with Gasteiger partial charge in [-0.3, -0.25) is 4.98 Å². The lowest BCUT2D eigenvalue weighted by Crippen LogP contribution is -2.04. The molecule has 104 valence electrons. The van der Waals surface area contributed by atoms with Crippen LogP contribution < -0.4 is 5.73 Å². The number of fused-ring (bicyclic) bond motifs is 1. The van der Waals surface area contributed by atoms with E-state index >= 15 is 0 Å². The number of hydrogen-bond donors (Lipinski definition) is 1. The quantitative estimate of drug-likeness (QED) is 0.778.